The fourth-order valence-electron chi connectivity index (χ4n) is 3.12. The summed E-state index contributed by atoms with van der Waals surface area (Å²) in [6, 6.07) is 11.4. The first-order valence-electron chi connectivity index (χ1n) is 12.4. The molecule has 7 nitrogen and oxygen atoms in total. The number of rotatable bonds is 14. The molecule has 0 N–H and O–H groups in total. The minimum absolute atomic E-state index is 0.0232. The third-order valence-corrected chi connectivity index (χ3v) is 5.42. The Morgan fingerprint density at radius 1 is 0.651 bits per heavy atom. The van der Waals surface area contributed by atoms with E-state index in [9.17, 15) is 53.9 Å². The number of hydrogen-bond acceptors (Lipinski definition) is 7. The SMILES string of the molecule is CC(C)OC(=O)c1ccc(OC(=O)c2ccc(OCCCCCOC(=O)C(F)(F)C(F)(F)C(F)(F)C(F)(F)F)cc2)cc1. The van der Waals surface area contributed by atoms with Gasteiger partial charge in [0.1, 0.15) is 11.5 Å². The molecule has 0 radical (unpaired) electrons. The van der Waals surface area contributed by atoms with Crippen LogP contribution in [0.15, 0.2) is 48.5 Å². The van der Waals surface area contributed by atoms with Crippen molar-refractivity contribution in [3.63, 3.8) is 0 Å². The third-order valence-electron chi connectivity index (χ3n) is 5.42. The number of unbranched alkanes of at least 4 members (excludes halogenated alkanes) is 2. The van der Waals surface area contributed by atoms with Crippen LogP contribution in [0.25, 0.3) is 0 Å². The molecule has 2 aromatic carbocycles. The van der Waals surface area contributed by atoms with Crippen LogP contribution in [0.3, 0.4) is 0 Å². The van der Waals surface area contributed by atoms with Gasteiger partial charge in [0.05, 0.1) is 30.4 Å². The number of carbonyl (C=O) groups excluding carboxylic acids is 3. The van der Waals surface area contributed by atoms with Crippen LogP contribution >= 0.6 is 0 Å². The second kappa shape index (κ2) is 14.0. The predicted molar refractivity (Wildman–Crippen MR) is 130 cm³/mol. The summed E-state index contributed by atoms with van der Waals surface area (Å²) in [5, 5.41) is 0. The van der Waals surface area contributed by atoms with Gasteiger partial charge in [0.2, 0.25) is 0 Å². The minimum Gasteiger partial charge on any atom is -0.494 e. The molecular weight excluding hydrogens is 607 g/mol. The monoisotopic (exact) mass is 632 g/mol. The fraction of sp³-hybridized carbons (Fsp3) is 0.444. The van der Waals surface area contributed by atoms with Crippen LogP contribution in [0.4, 0.5) is 39.5 Å². The molecule has 0 amide bonds. The van der Waals surface area contributed by atoms with E-state index in [1.165, 1.54) is 48.5 Å². The van der Waals surface area contributed by atoms with Crippen molar-refractivity contribution in [2.24, 2.45) is 0 Å². The van der Waals surface area contributed by atoms with E-state index in [1.807, 2.05) is 0 Å². The molecule has 2 aromatic rings. The summed E-state index contributed by atoms with van der Waals surface area (Å²) < 4.78 is 135. The van der Waals surface area contributed by atoms with E-state index in [1.54, 1.807) is 13.8 Å². The zero-order valence-corrected chi connectivity index (χ0v) is 22.5. The van der Waals surface area contributed by atoms with Crippen molar-refractivity contribution in [3.8, 4) is 11.5 Å². The van der Waals surface area contributed by atoms with E-state index < -0.39 is 48.5 Å². The molecule has 0 fully saturated rings. The molecule has 238 valence electrons. The zero-order valence-electron chi connectivity index (χ0n) is 22.5. The molecule has 0 aliphatic carbocycles. The highest BCUT2D eigenvalue weighted by Gasteiger charge is 2.84. The topological polar surface area (TPSA) is 88.1 Å². The first-order chi connectivity index (χ1) is 19.8. The van der Waals surface area contributed by atoms with Gasteiger partial charge in [0.25, 0.3) is 0 Å². The molecule has 0 saturated carbocycles. The fourth-order valence-corrected chi connectivity index (χ4v) is 3.12. The number of esters is 3. The number of alkyl halides is 9. The van der Waals surface area contributed by atoms with Crippen molar-refractivity contribution in [2.75, 3.05) is 13.2 Å². The summed E-state index contributed by atoms with van der Waals surface area (Å²) >= 11 is 0. The standard InChI is InChI=1S/C27H25F9O7/c1-16(2)42-21(37)17-8-12-20(13-9-17)43-22(38)18-6-10-19(11-7-18)40-14-4-3-5-15-41-23(39)24(28,29)25(30,31)26(32,33)27(34,35)36/h6-13,16H,3-5,14-15H2,1-2H3. The maximum Gasteiger partial charge on any atom is 0.460 e. The Morgan fingerprint density at radius 2 is 1.14 bits per heavy atom. The van der Waals surface area contributed by atoms with Gasteiger partial charge in [0, 0.05) is 0 Å². The Kier molecular flexibility index (Phi) is 11.5. The lowest BCUT2D eigenvalue weighted by molar-refractivity contribution is -0.390. The molecule has 0 atom stereocenters. The Bertz CT molecular complexity index is 1240. The molecule has 0 heterocycles. The summed E-state index contributed by atoms with van der Waals surface area (Å²) in [5.74, 6) is -24.7. The number of benzene rings is 2. The Morgan fingerprint density at radius 3 is 1.65 bits per heavy atom. The summed E-state index contributed by atoms with van der Waals surface area (Å²) in [7, 11) is 0. The first-order valence-corrected chi connectivity index (χ1v) is 12.4. The molecule has 0 aliphatic rings. The van der Waals surface area contributed by atoms with Gasteiger partial charge in [-0.15, -0.1) is 0 Å². The van der Waals surface area contributed by atoms with Crippen LogP contribution in [-0.2, 0) is 14.3 Å². The van der Waals surface area contributed by atoms with Crippen molar-refractivity contribution in [1.29, 1.82) is 0 Å². The second-order valence-corrected chi connectivity index (χ2v) is 9.16. The van der Waals surface area contributed by atoms with Crippen LogP contribution in [0.1, 0.15) is 53.8 Å². The van der Waals surface area contributed by atoms with Gasteiger partial charge in [-0.25, -0.2) is 14.4 Å². The molecular formula is C27H25F9O7. The summed E-state index contributed by atoms with van der Waals surface area (Å²) in [4.78, 5) is 35.4. The number of carbonyl (C=O) groups is 3. The van der Waals surface area contributed by atoms with E-state index in [-0.39, 0.29) is 48.8 Å². The minimum atomic E-state index is -7.18. The van der Waals surface area contributed by atoms with Crippen LogP contribution in [-0.4, -0.2) is 61.2 Å². The molecule has 0 bridgehead atoms. The molecule has 0 spiro atoms. The highest BCUT2D eigenvalue weighted by Crippen LogP contribution is 2.53. The molecule has 43 heavy (non-hydrogen) atoms. The normalized spacial score (nSPS) is 12.6. The third kappa shape index (κ3) is 8.76. The van der Waals surface area contributed by atoms with E-state index in [4.69, 9.17) is 14.2 Å². The molecule has 0 aliphatic heterocycles. The first kappa shape index (κ1) is 35.2. The van der Waals surface area contributed by atoms with Crippen molar-refractivity contribution < 1.29 is 72.8 Å². The molecule has 16 heteroatoms. The molecule has 2 rings (SSSR count). The lowest BCUT2D eigenvalue weighted by Crippen LogP contribution is -2.63. The highest BCUT2D eigenvalue weighted by molar-refractivity contribution is 5.92. The quantitative estimate of drug-likeness (QED) is 0.0957. The van der Waals surface area contributed by atoms with Crippen molar-refractivity contribution in [1.82, 2.24) is 0 Å². The van der Waals surface area contributed by atoms with Crippen LogP contribution < -0.4 is 9.47 Å². The predicted octanol–water partition coefficient (Wildman–Crippen LogP) is 7.03. The smallest absolute Gasteiger partial charge is 0.460 e. The summed E-state index contributed by atoms with van der Waals surface area (Å²) in [5.41, 5.74) is 0.433. The Hall–Kier alpha value is -3.98. The van der Waals surface area contributed by atoms with Crippen LogP contribution in [0.2, 0.25) is 0 Å². The van der Waals surface area contributed by atoms with E-state index in [0.717, 1.165) is 0 Å². The van der Waals surface area contributed by atoms with E-state index >= 15 is 0 Å². The molecule has 0 aromatic heterocycles. The van der Waals surface area contributed by atoms with Gasteiger partial charge in [-0.2, -0.15) is 39.5 Å². The Labute approximate surface area is 238 Å². The van der Waals surface area contributed by atoms with Crippen molar-refractivity contribution in [3.05, 3.63) is 59.7 Å². The van der Waals surface area contributed by atoms with Gasteiger partial charge >= 0.3 is 41.9 Å². The van der Waals surface area contributed by atoms with Gasteiger partial charge in [-0.05, 0) is 81.6 Å². The number of ether oxygens (including phenoxy) is 4. The van der Waals surface area contributed by atoms with Gasteiger partial charge in [0.15, 0.2) is 0 Å². The summed E-state index contributed by atoms with van der Waals surface area (Å²) in [6.45, 7) is 2.47. The van der Waals surface area contributed by atoms with Crippen molar-refractivity contribution >= 4 is 17.9 Å². The Balaban J connectivity index is 1.74. The van der Waals surface area contributed by atoms with E-state index in [0.29, 0.717) is 5.75 Å². The van der Waals surface area contributed by atoms with Gasteiger partial charge < -0.3 is 18.9 Å². The molecule has 0 unspecified atom stereocenters. The molecule has 0 saturated heterocycles. The van der Waals surface area contributed by atoms with E-state index in [2.05, 4.69) is 4.74 Å². The van der Waals surface area contributed by atoms with Gasteiger partial charge in [-0.1, -0.05) is 0 Å². The maximum absolute atomic E-state index is 13.4. The largest absolute Gasteiger partial charge is 0.494 e. The number of halogens is 9. The number of hydrogen-bond donors (Lipinski definition) is 0. The average molecular weight is 632 g/mol. The highest BCUT2D eigenvalue weighted by atomic mass is 19.4. The van der Waals surface area contributed by atoms with Crippen molar-refractivity contribution in [2.45, 2.75) is 63.2 Å². The zero-order chi connectivity index (χ0) is 32.6. The lowest BCUT2D eigenvalue weighted by Gasteiger charge is -2.32. The van der Waals surface area contributed by atoms with Crippen LogP contribution in [0, 0.1) is 0 Å². The van der Waals surface area contributed by atoms with Crippen LogP contribution in [0.5, 0.6) is 11.5 Å². The average Bonchev–Trinajstić information content (AvgIpc) is 2.91. The van der Waals surface area contributed by atoms with Gasteiger partial charge in [-0.3, -0.25) is 0 Å². The lowest BCUT2D eigenvalue weighted by atomic mass is 10.0. The second-order valence-electron chi connectivity index (χ2n) is 9.16. The summed E-state index contributed by atoms with van der Waals surface area (Å²) in [6.07, 6.45) is -7.25. The maximum atomic E-state index is 13.4.